The van der Waals surface area contributed by atoms with E-state index in [0.717, 1.165) is 22.1 Å². The molecule has 1 radical (unpaired) electrons. The second kappa shape index (κ2) is 5.99. The summed E-state index contributed by atoms with van der Waals surface area (Å²) in [6.07, 6.45) is 4.81. The average Bonchev–Trinajstić information content (AvgIpc) is 3.25. The van der Waals surface area contributed by atoms with Gasteiger partial charge in [0, 0.05) is 32.0 Å². The number of thiazole rings is 1. The quantitative estimate of drug-likeness (QED) is 0.529. The predicted molar refractivity (Wildman–Crippen MR) is 97.3 cm³/mol. The fourth-order valence-electron chi connectivity index (χ4n) is 2.65. The first-order chi connectivity index (χ1) is 12.3. The summed E-state index contributed by atoms with van der Waals surface area (Å²) in [7, 11) is -1.70. The molecule has 1 aromatic carbocycles. The van der Waals surface area contributed by atoms with E-state index < -0.39 is 15.1 Å². The van der Waals surface area contributed by atoms with Crippen molar-refractivity contribution < 1.29 is 12.8 Å². The summed E-state index contributed by atoms with van der Waals surface area (Å²) in [5.41, 5.74) is 2.66. The molecule has 0 aliphatic heterocycles. The molecule has 3 aromatic heterocycles. The highest BCUT2D eigenvalue weighted by Gasteiger charge is 2.33. The summed E-state index contributed by atoms with van der Waals surface area (Å²) < 4.78 is 32.5. The van der Waals surface area contributed by atoms with Crippen LogP contribution in [0.2, 0.25) is 0 Å². The molecule has 0 fully saturated rings. The highest BCUT2D eigenvalue weighted by Crippen LogP contribution is 2.36. The molecular formula is C16H14N5O3S2. The topological polar surface area (TPSA) is 104 Å². The number of benzene rings is 1. The van der Waals surface area contributed by atoms with Crippen molar-refractivity contribution in [3.63, 3.8) is 0 Å². The van der Waals surface area contributed by atoms with Gasteiger partial charge in [0.1, 0.15) is 5.01 Å². The van der Waals surface area contributed by atoms with Gasteiger partial charge in [0.25, 0.3) is 0 Å². The standard InChI is InChI=1S/C16H14N5O3S2/c1-9-19-20-15(24-9)14(26(3,22)23)16-18-12-5-4-10(6-13(12)25-16)11-7-17-21(2)8-11/h4-8,14H,1H2,2-3H3. The zero-order valence-electron chi connectivity index (χ0n) is 13.9. The van der Waals surface area contributed by atoms with Gasteiger partial charge in [0.05, 0.1) is 16.4 Å². The molecule has 8 nitrogen and oxygen atoms in total. The van der Waals surface area contributed by atoms with Crippen LogP contribution in [0.15, 0.2) is 35.0 Å². The lowest BCUT2D eigenvalue weighted by atomic mass is 10.1. The van der Waals surface area contributed by atoms with Crippen LogP contribution in [0.4, 0.5) is 0 Å². The van der Waals surface area contributed by atoms with Crippen LogP contribution in [0.3, 0.4) is 0 Å². The number of aromatic nitrogens is 5. The Morgan fingerprint density at radius 3 is 2.69 bits per heavy atom. The van der Waals surface area contributed by atoms with Crippen molar-refractivity contribution in [2.24, 2.45) is 7.05 Å². The zero-order valence-corrected chi connectivity index (χ0v) is 15.6. The van der Waals surface area contributed by atoms with E-state index in [0.29, 0.717) is 10.5 Å². The van der Waals surface area contributed by atoms with Gasteiger partial charge in [-0.2, -0.15) is 5.10 Å². The summed E-state index contributed by atoms with van der Waals surface area (Å²) in [6.45, 7) is 3.53. The van der Waals surface area contributed by atoms with Gasteiger partial charge in [-0.1, -0.05) is 6.07 Å². The monoisotopic (exact) mass is 388 g/mol. The lowest BCUT2D eigenvalue weighted by molar-refractivity contribution is 0.478. The first-order valence-corrected chi connectivity index (χ1v) is 10.3. The summed E-state index contributed by atoms with van der Waals surface area (Å²) in [4.78, 5) is 4.48. The fraction of sp³-hybridized carbons (Fsp3) is 0.188. The number of fused-ring (bicyclic) bond motifs is 1. The normalized spacial score (nSPS) is 13.3. The molecule has 3 heterocycles. The fourth-order valence-corrected chi connectivity index (χ4v) is 5.18. The molecule has 0 aliphatic rings. The molecule has 26 heavy (non-hydrogen) atoms. The van der Waals surface area contributed by atoms with Crippen molar-refractivity contribution in [3.05, 3.63) is 54.3 Å². The van der Waals surface area contributed by atoms with Gasteiger partial charge in [-0.3, -0.25) is 4.68 Å². The number of sulfone groups is 1. The molecule has 4 rings (SSSR count). The van der Waals surface area contributed by atoms with Crippen LogP contribution in [-0.4, -0.2) is 39.6 Å². The van der Waals surface area contributed by atoms with Crippen LogP contribution in [0.5, 0.6) is 0 Å². The number of aryl methyl sites for hydroxylation is 1. The third-order valence-corrected chi connectivity index (χ3v) is 6.32. The van der Waals surface area contributed by atoms with E-state index in [1.54, 1.807) is 10.9 Å². The van der Waals surface area contributed by atoms with Gasteiger partial charge in [0.2, 0.25) is 11.8 Å². The largest absolute Gasteiger partial charge is 0.423 e. The minimum absolute atomic E-state index is 0.0240. The molecule has 133 valence electrons. The van der Waals surface area contributed by atoms with Gasteiger partial charge in [-0.25, -0.2) is 13.4 Å². The molecule has 0 N–H and O–H groups in total. The summed E-state index contributed by atoms with van der Waals surface area (Å²) in [5.74, 6) is 0.0395. The molecule has 0 saturated heterocycles. The van der Waals surface area contributed by atoms with Crippen LogP contribution in [0.25, 0.3) is 21.3 Å². The van der Waals surface area contributed by atoms with E-state index in [4.69, 9.17) is 4.42 Å². The molecule has 10 heteroatoms. The molecule has 0 amide bonds. The minimum Gasteiger partial charge on any atom is -0.423 e. The number of nitrogens with zero attached hydrogens (tertiary/aromatic N) is 5. The lowest BCUT2D eigenvalue weighted by Crippen LogP contribution is -2.13. The second-order valence-electron chi connectivity index (χ2n) is 5.88. The average molecular weight is 388 g/mol. The molecule has 4 aromatic rings. The van der Waals surface area contributed by atoms with Crippen LogP contribution < -0.4 is 0 Å². The molecule has 1 unspecified atom stereocenters. The van der Waals surface area contributed by atoms with E-state index in [-0.39, 0.29) is 11.8 Å². The maximum Gasteiger partial charge on any atom is 0.241 e. The van der Waals surface area contributed by atoms with Crippen molar-refractivity contribution in [2.75, 3.05) is 6.26 Å². The Balaban J connectivity index is 1.83. The highest BCUT2D eigenvalue weighted by atomic mass is 32.2. The first-order valence-electron chi connectivity index (χ1n) is 7.55. The minimum atomic E-state index is -3.55. The summed E-state index contributed by atoms with van der Waals surface area (Å²) >= 11 is 1.29. The van der Waals surface area contributed by atoms with E-state index in [1.165, 1.54) is 11.3 Å². The van der Waals surface area contributed by atoms with Gasteiger partial charge >= 0.3 is 0 Å². The Morgan fingerprint density at radius 2 is 2.08 bits per heavy atom. The van der Waals surface area contributed by atoms with Gasteiger partial charge in [-0.05, 0) is 17.7 Å². The summed E-state index contributed by atoms with van der Waals surface area (Å²) in [5, 5.41) is 10.9. The Kier molecular flexibility index (Phi) is 3.88. The molecule has 0 saturated carbocycles. The van der Waals surface area contributed by atoms with Gasteiger partial charge in [0.15, 0.2) is 15.1 Å². The van der Waals surface area contributed by atoms with Gasteiger partial charge < -0.3 is 4.42 Å². The number of rotatable bonds is 4. The van der Waals surface area contributed by atoms with Crippen molar-refractivity contribution in [1.82, 2.24) is 25.0 Å². The molecule has 1 atom stereocenters. The third-order valence-electron chi connectivity index (χ3n) is 3.80. The predicted octanol–water partition coefficient (Wildman–Crippen LogP) is 2.40. The maximum atomic E-state index is 12.3. The van der Waals surface area contributed by atoms with Crippen LogP contribution in [0, 0.1) is 6.92 Å². The van der Waals surface area contributed by atoms with E-state index in [1.807, 2.05) is 31.4 Å². The smallest absolute Gasteiger partial charge is 0.241 e. The number of hydrogen-bond acceptors (Lipinski definition) is 8. The van der Waals surface area contributed by atoms with Crippen molar-refractivity contribution in [3.8, 4) is 11.1 Å². The van der Waals surface area contributed by atoms with Crippen molar-refractivity contribution in [2.45, 2.75) is 5.25 Å². The Bertz CT molecular complexity index is 1210. The zero-order chi connectivity index (χ0) is 18.5. The molecular weight excluding hydrogens is 374 g/mol. The van der Waals surface area contributed by atoms with Crippen LogP contribution in [-0.2, 0) is 16.9 Å². The lowest BCUT2D eigenvalue weighted by Gasteiger charge is -2.06. The van der Waals surface area contributed by atoms with Crippen molar-refractivity contribution >= 4 is 31.4 Å². The maximum absolute atomic E-state index is 12.3. The van der Waals surface area contributed by atoms with Crippen LogP contribution >= 0.6 is 11.3 Å². The highest BCUT2D eigenvalue weighted by molar-refractivity contribution is 7.91. The van der Waals surface area contributed by atoms with Gasteiger partial charge in [-0.15, -0.1) is 21.5 Å². The molecule has 0 spiro atoms. The van der Waals surface area contributed by atoms with E-state index >= 15 is 0 Å². The Morgan fingerprint density at radius 1 is 1.27 bits per heavy atom. The first kappa shape index (κ1) is 16.9. The Labute approximate surface area is 153 Å². The van der Waals surface area contributed by atoms with E-state index in [2.05, 4.69) is 27.2 Å². The van der Waals surface area contributed by atoms with E-state index in [9.17, 15) is 8.42 Å². The van der Waals surface area contributed by atoms with Crippen LogP contribution in [0.1, 0.15) is 22.0 Å². The Hall–Kier alpha value is -2.59. The summed E-state index contributed by atoms with van der Waals surface area (Å²) in [6, 6.07) is 5.75. The molecule has 0 aliphatic carbocycles. The SMILES string of the molecule is [CH2]c1nnc(C(c2nc3ccc(-c4cnn(C)c4)cc3s2)S(C)(=O)=O)o1. The van der Waals surface area contributed by atoms with Crippen molar-refractivity contribution in [1.29, 1.82) is 0 Å². The molecule has 0 bridgehead atoms. The number of hydrogen-bond donors (Lipinski definition) is 0. The third kappa shape index (κ3) is 3.01. The second-order valence-corrected chi connectivity index (χ2v) is 9.07.